The van der Waals surface area contributed by atoms with Gasteiger partial charge >= 0.3 is 24.7 Å². The molecule has 2 aliphatic rings. The zero-order valence-electron chi connectivity index (χ0n) is 36.4. The van der Waals surface area contributed by atoms with Crippen LogP contribution in [0.15, 0.2) is 194 Å². The van der Waals surface area contributed by atoms with Gasteiger partial charge in [0.25, 0.3) is 0 Å². The topological polar surface area (TPSA) is 6.48 Å². The van der Waals surface area contributed by atoms with Gasteiger partial charge in [-0.25, -0.2) is 0 Å². The Morgan fingerprint density at radius 3 is 1.03 bits per heavy atom. The molecule has 0 saturated carbocycles. The quantitative estimate of drug-likeness (QED) is 0.153. The first-order chi connectivity index (χ1) is 33.8. The molecule has 11 rings (SSSR count). The highest BCUT2D eigenvalue weighted by atomic mass is 19.4. The van der Waals surface area contributed by atoms with Crippen molar-refractivity contribution in [2.45, 2.75) is 30.1 Å². The maximum absolute atomic E-state index is 15.1. The molecule has 1 unspecified atom stereocenters. The van der Waals surface area contributed by atoms with Crippen LogP contribution in [0.1, 0.15) is 44.5 Å². The molecule has 354 valence electrons. The summed E-state index contributed by atoms with van der Waals surface area (Å²) < 4.78 is 181. The van der Waals surface area contributed by atoms with Crippen LogP contribution < -0.4 is 9.80 Å². The molecule has 0 N–H and O–H groups in total. The van der Waals surface area contributed by atoms with Gasteiger partial charge in [0, 0.05) is 11.4 Å². The predicted molar refractivity (Wildman–Crippen MR) is 250 cm³/mol. The highest BCUT2D eigenvalue weighted by Crippen LogP contribution is 2.64. The SMILES string of the molecule is FC(F)(F)c1ccccc1N(c1ccc2c(c1)C1(c3ccccc3-2)c2cc(N(c3ccccc3C(F)(F)F)c3ccccc3C(F)(F)F)ccc2-c2cccc3cccc1c23)c1ccccc1C(F)(F)F. The van der Waals surface area contributed by atoms with Crippen LogP contribution in [0, 0.1) is 0 Å². The Morgan fingerprint density at radius 2 is 0.606 bits per heavy atom. The Kier molecular flexibility index (Phi) is 10.3. The Hall–Kier alpha value is -8.00. The summed E-state index contributed by atoms with van der Waals surface area (Å²) in [4.78, 5) is 1.84. The number of alkyl halides is 12. The van der Waals surface area contributed by atoms with E-state index in [4.69, 9.17) is 0 Å². The monoisotopic (exact) mass is 972 g/mol. The van der Waals surface area contributed by atoms with Gasteiger partial charge in [-0.05, 0) is 128 Å². The third kappa shape index (κ3) is 7.12. The standard InChI is InChI=1S/C57H32F12N2/c58-54(59,60)41-18-3-7-23-48(41)70(49-24-8-4-19-42(49)55(61,62)63)34-27-29-37-36-15-1-2-17-40(36)53(46(37)31-34)45-22-12-14-33-13-11-16-39(52(33)45)38-30-28-35(32-47(38)53)71(50-25-9-5-20-43(50)56(64,65)66)51-26-10-6-21-44(51)57(67,68)69/h1-32H. The van der Waals surface area contributed by atoms with E-state index in [2.05, 4.69) is 0 Å². The highest BCUT2D eigenvalue weighted by molar-refractivity contribution is 6.07. The number of anilines is 6. The number of hydrogen-bond donors (Lipinski definition) is 0. The molecule has 0 radical (unpaired) electrons. The summed E-state index contributed by atoms with van der Waals surface area (Å²) in [6.45, 7) is 0. The van der Waals surface area contributed by atoms with E-state index in [9.17, 15) is 0 Å². The maximum Gasteiger partial charge on any atom is 0.418 e. The molecule has 1 spiro atoms. The Bertz CT molecular complexity index is 3470. The van der Waals surface area contributed by atoms with Crippen LogP contribution >= 0.6 is 0 Å². The molecule has 9 aromatic carbocycles. The van der Waals surface area contributed by atoms with Crippen molar-refractivity contribution in [1.29, 1.82) is 0 Å². The lowest BCUT2D eigenvalue weighted by atomic mass is 9.61. The van der Waals surface area contributed by atoms with Crippen molar-refractivity contribution in [1.82, 2.24) is 0 Å². The van der Waals surface area contributed by atoms with Gasteiger partial charge in [-0.3, -0.25) is 0 Å². The second kappa shape index (κ2) is 16.0. The predicted octanol–water partition coefficient (Wildman–Crippen LogP) is 18.2. The summed E-state index contributed by atoms with van der Waals surface area (Å²) in [7, 11) is 0. The van der Waals surface area contributed by atoms with Crippen molar-refractivity contribution >= 4 is 44.9 Å². The van der Waals surface area contributed by atoms with Gasteiger partial charge in [-0.2, -0.15) is 52.7 Å². The molecular formula is C57H32F12N2. The molecule has 14 heteroatoms. The minimum absolute atomic E-state index is 0.104. The van der Waals surface area contributed by atoms with E-state index in [1.165, 1.54) is 42.5 Å². The van der Waals surface area contributed by atoms with Gasteiger partial charge in [-0.15, -0.1) is 0 Å². The number of benzene rings is 9. The molecule has 2 nitrogen and oxygen atoms in total. The number of rotatable bonds is 6. The third-order valence-corrected chi connectivity index (χ3v) is 13.4. The number of fused-ring (bicyclic) bond motifs is 9. The lowest BCUT2D eigenvalue weighted by molar-refractivity contribution is -0.138. The molecule has 71 heavy (non-hydrogen) atoms. The van der Waals surface area contributed by atoms with Crippen LogP contribution in [0.3, 0.4) is 0 Å². The lowest BCUT2D eigenvalue weighted by Gasteiger charge is -2.41. The first-order valence-electron chi connectivity index (χ1n) is 22.0. The van der Waals surface area contributed by atoms with E-state index in [1.54, 1.807) is 36.4 Å². The van der Waals surface area contributed by atoms with E-state index in [0.717, 1.165) is 93.4 Å². The lowest BCUT2D eigenvalue weighted by Crippen LogP contribution is -2.32. The Balaban J connectivity index is 1.27. The third-order valence-electron chi connectivity index (χ3n) is 13.4. The highest BCUT2D eigenvalue weighted by Gasteiger charge is 2.51. The van der Waals surface area contributed by atoms with E-state index in [1.807, 2.05) is 42.5 Å². The fourth-order valence-corrected chi connectivity index (χ4v) is 10.7. The van der Waals surface area contributed by atoms with Crippen molar-refractivity contribution in [3.63, 3.8) is 0 Å². The van der Waals surface area contributed by atoms with Crippen LogP contribution in [-0.2, 0) is 30.1 Å². The Labute approximate surface area is 397 Å². The van der Waals surface area contributed by atoms with Crippen LogP contribution in [-0.4, -0.2) is 0 Å². The van der Waals surface area contributed by atoms with Crippen LogP contribution in [0.2, 0.25) is 0 Å². The van der Waals surface area contributed by atoms with Crippen molar-refractivity contribution < 1.29 is 52.7 Å². The van der Waals surface area contributed by atoms with Crippen molar-refractivity contribution in [2.75, 3.05) is 9.80 Å². The minimum Gasteiger partial charge on any atom is -0.309 e. The second-order valence-corrected chi connectivity index (χ2v) is 17.2. The van der Waals surface area contributed by atoms with Crippen molar-refractivity contribution in [3.05, 3.63) is 239 Å². The van der Waals surface area contributed by atoms with Gasteiger partial charge in [-0.1, -0.05) is 121 Å². The average Bonchev–Trinajstić information content (AvgIpc) is 3.63. The van der Waals surface area contributed by atoms with Crippen molar-refractivity contribution in [3.8, 4) is 22.3 Å². The van der Waals surface area contributed by atoms with E-state index < -0.39 is 75.1 Å². The largest absolute Gasteiger partial charge is 0.418 e. The molecular weight excluding hydrogens is 941 g/mol. The van der Waals surface area contributed by atoms with Crippen LogP contribution in [0.5, 0.6) is 0 Å². The zero-order chi connectivity index (χ0) is 49.8. The van der Waals surface area contributed by atoms with Gasteiger partial charge in [0.15, 0.2) is 0 Å². The summed E-state index contributed by atoms with van der Waals surface area (Å²) in [6.07, 6.45) is -20.1. The van der Waals surface area contributed by atoms with Crippen molar-refractivity contribution in [2.24, 2.45) is 0 Å². The summed E-state index contributed by atoms with van der Waals surface area (Å²) in [5.41, 5.74) is -4.77. The fourth-order valence-electron chi connectivity index (χ4n) is 10.7. The fraction of sp³-hybridized carbons (Fsp3) is 0.0877. The van der Waals surface area contributed by atoms with E-state index in [0.29, 0.717) is 44.5 Å². The minimum atomic E-state index is -5.03. The molecule has 9 aromatic rings. The smallest absolute Gasteiger partial charge is 0.309 e. The summed E-state index contributed by atoms with van der Waals surface area (Å²) >= 11 is 0. The second-order valence-electron chi connectivity index (χ2n) is 17.2. The number of nitrogens with zero attached hydrogens (tertiary/aromatic N) is 2. The molecule has 0 aromatic heterocycles. The molecule has 1 atom stereocenters. The summed E-state index contributed by atoms with van der Waals surface area (Å²) in [5, 5.41) is 1.49. The molecule has 0 aliphatic heterocycles. The first kappa shape index (κ1) is 45.4. The van der Waals surface area contributed by atoms with E-state index >= 15 is 52.7 Å². The van der Waals surface area contributed by atoms with Gasteiger partial charge in [0.1, 0.15) is 0 Å². The normalized spacial score (nSPS) is 15.1. The number of para-hydroxylation sites is 4. The zero-order valence-corrected chi connectivity index (χ0v) is 36.4. The number of halogens is 12. The summed E-state index contributed by atoms with van der Waals surface area (Å²) in [5.74, 6) is 0. The molecule has 0 saturated heterocycles. The number of hydrogen-bond acceptors (Lipinski definition) is 2. The molecule has 0 fully saturated rings. The summed E-state index contributed by atoms with van der Waals surface area (Å²) in [6, 6.07) is 44.5. The van der Waals surface area contributed by atoms with Gasteiger partial charge < -0.3 is 9.80 Å². The Morgan fingerprint density at radius 1 is 0.282 bits per heavy atom. The van der Waals surface area contributed by atoms with Gasteiger partial charge in [0.2, 0.25) is 0 Å². The van der Waals surface area contributed by atoms with Gasteiger partial charge in [0.05, 0.1) is 50.4 Å². The maximum atomic E-state index is 15.1. The van der Waals surface area contributed by atoms with E-state index in [-0.39, 0.29) is 11.4 Å². The first-order valence-corrected chi connectivity index (χ1v) is 22.0. The molecule has 2 aliphatic carbocycles. The van der Waals surface area contributed by atoms with Crippen LogP contribution in [0.25, 0.3) is 33.0 Å². The molecule has 0 bridgehead atoms. The van der Waals surface area contributed by atoms with Crippen LogP contribution in [0.4, 0.5) is 86.8 Å². The average molecular weight is 973 g/mol. The molecule has 0 heterocycles. The molecule has 0 amide bonds.